The fourth-order valence-corrected chi connectivity index (χ4v) is 2.94. The van der Waals surface area contributed by atoms with E-state index in [9.17, 15) is 9.90 Å². The van der Waals surface area contributed by atoms with Gasteiger partial charge in [0.25, 0.3) is 0 Å². The summed E-state index contributed by atoms with van der Waals surface area (Å²) in [6.07, 6.45) is -0.584. The van der Waals surface area contributed by atoms with Gasteiger partial charge in [-0.1, -0.05) is 18.2 Å². The molecule has 130 valence electrons. The number of rotatable bonds is 7. The predicted molar refractivity (Wildman–Crippen MR) is 96.4 cm³/mol. The van der Waals surface area contributed by atoms with E-state index in [1.54, 1.807) is 0 Å². The summed E-state index contributed by atoms with van der Waals surface area (Å²) >= 11 is 1.46. The van der Waals surface area contributed by atoms with Crippen LogP contribution >= 0.6 is 11.3 Å². The Labute approximate surface area is 146 Å². The number of amides is 2. The zero-order chi connectivity index (χ0) is 17.5. The van der Waals surface area contributed by atoms with Crippen molar-refractivity contribution in [3.8, 4) is 5.75 Å². The van der Waals surface area contributed by atoms with Gasteiger partial charge in [0.1, 0.15) is 11.9 Å². The predicted octanol–water partition coefficient (Wildman–Crippen LogP) is 3.63. The molecule has 0 unspecified atom stereocenters. The summed E-state index contributed by atoms with van der Waals surface area (Å²) in [5, 5.41) is 17.4. The Morgan fingerprint density at radius 3 is 2.71 bits per heavy atom. The first kappa shape index (κ1) is 18.3. The Kier molecular flexibility index (Phi) is 6.63. The van der Waals surface area contributed by atoms with Gasteiger partial charge in [-0.2, -0.15) is 0 Å². The zero-order valence-corrected chi connectivity index (χ0v) is 15.0. The normalized spacial score (nSPS) is 13.4. The van der Waals surface area contributed by atoms with Gasteiger partial charge in [0, 0.05) is 4.88 Å². The Morgan fingerprint density at radius 2 is 2.04 bits per heavy atom. The van der Waals surface area contributed by atoms with Crippen molar-refractivity contribution in [2.45, 2.75) is 39.0 Å². The van der Waals surface area contributed by atoms with E-state index in [0.29, 0.717) is 0 Å². The van der Waals surface area contributed by atoms with E-state index in [-0.39, 0.29) is 24.7 Å². The quantitative estimate of drug-likeness (QED) is 0.715. The van der Waals surface area contributed by atoms with Gasteiger partial charge in [0.15, 0.2) is 0 Å². The summed E-state index contributed by atoms with van der Waals surface area (Å²) in [7, 11) is 0. The fourth-order valence-electron chi connectivity index (χ4n) is 2.23. The summed E-state index contributed by atoms with van der Waals surface area (Å²) in [6, 6.07) is 10.9. The van der Waals surface area contributed by atoms with Crippen LogP contribution in [-0.2, 0) is 0 Å². The standard InChI is InChI=1S/C18H24N2O3S/c1-12(2)23-15-7-4-6-14(10-15)13(3)20-18(22)19-11-16(21)17-8-5-9-24-17/h4-10,12-13,16,21H,11H2,1-3H3,(H2,19,20,22)/t13-,16+/m1/s1. The molecule has 1 heterocycles. The lowest BCUT2D eigenvalue weighted by atomic mass is 10.1. The van der Waals surface area contributed by atoms with Gasteiger partial charge >= 0.3 is 6.03 Å². The molecule has 6 heteroatoms. The number of hydrogen-bond donors (Lipinski definition) is 3. The summed E-state index contributed by atoms with van der Waals surface area (Å²) in [6.45, 7) is 6.03. The molecule has 1 aromatic carbocycles. The van der Waals surface area contributed by atoms with E-state index in [0.717, 1.165) is 16.2 Å². The highest BCUT2D eigenvalue weighted by molar-refractivity contribution is 7.10. The number of carbonyl (C=O) groups is 1. The van der Waals surface area contributed by atoms with Crippen LogP contribution < -0.4 is 15.4 Å². The smallest absolute Gasteiger partial charge is 0.315 e. The molecule has 0 aliphatic carbocycles. The molecule has 2 rings (SSSR count). The molecule has 5 nitrogen and oxygen atoms in total. The number of carbonyl (C=O) groups excluding carboxylic acids is 1. The number of nitrogens with one attached hydrogen (secondary N) is 2. The first-order valence-electron chi connectivity index (χ1n) is 7.98. The number of aliphatic hydroxyl groups excluding tert-OH is 1. The monoisotopic (exact) mass is 348 g/mol. The molecule has 1 aromatic heterocycles. The van der Waals surface area contributed by atoms with Crippen LogP contribution in [0, 0.1) is 0 Å². The van der Waals surface area contributed by atoms with Crippen LogP contribution in [0.5, 0.6) is 5.75 Å². The van der Waals surface area contributed by atoms with Crippen LogP contribution in [0.4, 0.5) is 4.79 Å². The van der Waals surface area contributed by atoms with Gasteiger partial charge in [0.05, 0.1) is 18.7 Å². The molecule has 0 aliphatic heterocycles. The molecular formula is C18H24N2O3S. The van der Waals surface area contributed by atoms with Gasteiger partial charge in [-0.25, -0.2) is 4.79 Å². The van der Waals surface area contributed by atoms with Crippen molar-refractivity contribution < 1.29 is 14.6 Å². The van der Waals surface area contributed by atoms with Crippen molar-refractivity contribution >= 4 is 17.4 Å². The van der Waals surface area contributed by atoms with E-state index in [2.05, 4.69) is 10.6 Å². The highest BCUT2D eigenvalue weighted by Crippen LogP contribution is 2.20. The Balaban J connectivity index is 1.85. The Bertz CT molecular complexity index is 643. The molecule has 0 saturated carbocycles. The third-order valence-corrected chi connectivity index (χ3v) is 4.38. The van der Waals surface area contributed by atoms with E-state index in [1.165, 1.54) is 11.3 Å². The van der Waals surface area contributed by atoms with Gasteiger partial charge < -0.3 is 20.5 Å². The average molecular weight is 348 g/mol. The van der Waals surface area contributed by atoms with Crippen molar-refractivity contribution in [3.63, 3.8) is 0 Å². The summed E-state index contributed by atoms with van der Waals surface area (Å²) in [5.41, 5.74) is 0.960. The van der Waals surface area contributed by atoms with E-state index < -0.39 is 6.10 Å². The van der Waals surface area contributed by atoms with Gasteiger partial charge in [0.2, 0.25) is 0 Å². The minimum absolute atomic E-state index is 0.102. The second-order valence-corrected chi connectivity index (χ2v) is 6.83. The SMILES string of the molecule is CC(C)Oc1cccc([C@@H](C)NC(=O)NC[C@H](O)c2cccs2)c1. The fraction of sp³-hybridized carbons (Fsp3) is 0.389. The molecule has 0 bridgehead atoms. The number of benzene rings is 1. The molecule has 2 aromatic rings. The topological polar surface area (TPSA) is 70.6 Å². The lowest BCUT2D eigenvalue weighted by Gasteiger charge is -2.18. The number of thiophene rings is 1. The maximum Gasteiger partial charge on any atom is 0.315 e. The molecule has 2 atom stereocenters. The average Bonchev–Trinajstić information content (AvgIpc) is 3.06. The van der Waals surface area contributed by atoms with Crippen molar-refractivity contribution in [2.75, 3.05) is 6.54 Å². The molecule has 2 amide bonds. The van der Waals surface area contributed by atoms with Gasteiger partial charge in [-0.05, 0) is 49.9 Å². The lowest BCUT2D eigenvalue weighted by Crippen LogP contribution is -2.39. The van der Waals surface area contributed by atoms with Crippen LogP contribution in [0.3, 0.4) is 0 Å². The third kappa shape index (κ3) is 5.54. The Morgan fingerprint density at radius 1 is 1.25 bits per heavy atom. The number of aliphatic hydroxyl groups is 1. The van der Waals surface area contributed by atoms with Gasteiger partial charge in [-0.15, -0.1) is 11.3 Å². The van der Waals surface area contributed by atoms with Crippen molar-refractivity contribution in [1.29, 1.82) is 0 Å². The van der Waals surface area contributed by atoms with Crippen molar-refractivity contribution in [1.82, 2.24) is 10.6 Å². The molecule has 3 N–H and O–H groups in total. The molecular weight excluding hydrogens is 324 g/mol. The van der Waals surface area contributed by atoms with Crippen LogP contribution in [-0.4, -0.2) is 23.8 Å². The summed E-state index contributed by atoms with van der Waals surface area (Å²) < 4.78 is 5.67. The van der Waals surface area contributed by atoms with E-state index in [4.69, 9.17) is 4.74 Å². The van der Waals surface area contributed by atoms with Crippen molar-refractivity contribution in [3.05, 3.63) is 52.2 Å². The highest BCUT2D eigenvalue weighted by atomic mass is 32.1. The zero-order valence-electron chi connectivity index (χ0n) is 14.2. The first-order chi connectivity index (χ1) is 11.5. The van der Waals surface area contributed by atoms with Crippen LogP contribution in [0.2, 0.25) is 0 Å². The number of hydrogen-bond acceptors (Lipinski definition) is 4. The lowest BCUT2D eigenvalue weighted by molar-refractivity contribution is 0.176. The molecule has 0 spiro atoms. The maximum atomic E-state index is 12.0. The molecule has 0 fully saturated rings. The second kappa shape index (κ2) is 8.70. The van der Waals surface area contributed by atoms with E-state index >= 15 is 0 Å². The second-order valence-electron chi connectivity index (χ2n) is 5.85. The largest absolute Gasteiger partial charge is 0.491 e. The molecule has 0 radical (unpaired) electrons. The maximum absolute atomic E-state index is 12.0. The minimum Gasteiger partial charge on any atom is -0.491 e. The molecule has 0 aliphatic rings. The summed E-state index contributed by atoms with van der Waals surface area (Å²) in [5.74, 6) is 0.782. The highest BCUT2D eigenvalue weighted by Gasteiger charge is 2.13. The number of ether oxygens (including phenoxy) is 1. The molecule has 24 heavy (non-hydrogen) atoms. The van der Waals surface area contributed by atoms with Gasteiger partial charge in [-0.3, -0.25) is 0 Å². The van der Waals surface area contributed by atoms with Crippen molar-refractivity contribution in [2.24, 2.45) is 0 Å². The Hall–Kier alpha value is -2.05. The van der Waals surface area contributed by atoms with Crippen LogP contribution in [0.1, 0.15) is 43.4 Å². The van der Waals surface area contributed by atoms with Crippen LogP contribution in [0.15, 0.2) is 41.8 Å². The van der Waals surface area contributed by atoms with E-state index in [1.807, 2.05) is 62.5 Å². The minimum atomic E-state index is -0.686. The number of urea groups is 1. The molecule has 0 saturated heterocycles. The summed E-state index contributed by atoms with van der Waals surface area (Å²) in [4.78, 5) is 12.8. The first-order valence-corrected chi connectivity index (χ1v) is 8.86. The van der Waals surface area contributed by atoms with Crippen LogP contribution in [0.25, 0.3) is 0 Å². The third-order valence-electron chi connectivity index (χ3n) is 3.41.